The number of hydrogen-bond donors (Lipinski definition) is 3. The van der Waals surface area contributed by atoms with E-state index in [1.807, 2.05) is 6.92 Å². The Bertz CT molecular complexity index is 233. The average Bonchev–Trinajstić information content (AvgIpc) is 2.51. The first-order valence-corrected chi connectivity index (χ1v) is 6.86. The van der Waals surface area contributed by atoms with E-state index in [4.69, 9.17) is 5.73 Å². The van der Waals surface area contributed by atoms with Gasteiger partial charge in [0, 0.05) is 12.6 Å². The summed E-state index contributed by atoms with van der Waals surface area (Å²) in [5, 5.41) is 12.4. The van der Waals surface area contributed by atoms with Gasteiger partial charge in [-0.3, -0.25) is 4.79 Å². The zero-order valence-corrected chi connectivity index (χ0v) is 10.8. The van der Waals surface area contributed by atoms with Crippen LogP contribution in [0.5, 0.6) is 0 Å². The Balaban J connectivity index is 2.34. The van der Waals surface area contributed by atoms with Crippen molar-refractivity contribution < 1.29 is 9.90 Å². The lowest BCUT2D eigenvalue weighted by Crippen LogP contribution is -2.43. The van der Waals surface area contributed by atoms with Gasteiger partial charge in [-0.2, -0.15) is 0 Å². The molecule has 0 saturated heterocycles. The highest BCUT2D eigenvalue weighted by molar-refractivity contribution is 5.79. The molecule has 0 bridgehead atoms. The summed E-state index contributed by atoms with van der Waals surface area (Å²) in [5.74, 6) is -0.0409. The minimum Gasteiger partial charge on any atom is -0.391 e. The first-order chi connectivity index (χ1) is 8.15. The van der Waals surface area contributed by atoms with Crippen LogP contribution in [0.1, 0.15) is 51.9 Å². The number of hydrogen-bond acceptors (Lipinski definition) is 3. The number of carbonyl (C=O) groups excluding carboxylic acids is 1. The molecule has 3 atom stereocenters. The van der Waals surface area contributed by atoms with E-state index < -0.39 is 6.10 Å². The van der Waals surface area contributed by atoms with Crippen LogP contribution in [0.2, 0.25) is 0 Å². The molecule has 4 heteroatoms. The molecule has 0 heterocycles. The van der Waals surface area contributed by atoms with E-state index in [0.29, 0.717) is 6.54 Å². The molecule has 1 rings (SSSR count). The van der Waals surface area contributed by atoms with Gasteiger partial charge < -0.3 is 16.2 Å². The van der Waals surface area contributed by atoms with Gasteiger partial charge in [-0.05, 0) is 19.3 Å². The van der Waals surface area contributed by atoms with Crippen molar-refractivity contribution in [3.05, 3.63) is 0 Å². The van der Waals surface area contributed by atoms with Gasteiger partial charge in [0.05, 0.1) is 12.0 Å². The Morgan fingerprint density at radius 1 is 1.41 bits per heavy atom. The molecule has 0 spiro atoms. The summed E-state index contributed by atoms with van der Waals surface area (Å²) in [6, 6.07) is -0.0131. The Morgan fingerprint density at radius 2 is 2.12 bits per heavy atom. The fraction of sp³-hybridized carbons (Fsp3) is 0.923. The van der Waals surface area contributed by atoms with Crippen molar-refractivity contribution in [1.82, 2.24) is 5.32 Å². The molecule has 0 aliphatic heterocycles. The second kappa shape index (κ2) is 7.67. The lowest BCUT2D eigenvalue weighted by molar-refractivity contribution is -0.126. The molecule has 4 nitrogen and oxygen atoms in total. The molecule has 100 valence electrons. The first kappa shape index (κ1) is 14.5. The van der Waals surface area contributed by atoms with Crippen LogP contribution in [0, 0.1) is 5.92 Å². The summed E-state index contributed by atoms with van der Waals surface area (Å²) in [4.78, 5) is 12.0. The van der Waals surface area contributed by atoms with Crippen LogP contribution in [0.15, 0.2) is 0 Å². The second-order valence-electron chi connectivity index (χ2n) is 5.10. The van der Waals surface area contributed by atoms with E-state index in [2.05, 4.69) is 5.32 Å². The lowest BCUT2D eigenvalue weighted by atomic mass is 9.94. The zero-order valence-electron chi connectivity index (χ0n) is 10.8. The molecule has 0 radical (unpaired) electrons. The minimum atomic E-state index is -0.425. The van der Waals surface area contributed by atoms with E-state index in [1.165, 1.54) is 6.42 Å². The number of aliphatic hydroxyl groups is 1. The van der Waals surface area contributed by atoms with Gasteiger partial charge in [0.2, 0.25) is 5.91 Å². The van der Waals surface area contributed by atoms with Crippen LogP contribution < -0.4 is 11.1 Å². The van der Waals surface area contributed by atoms with E-state index in [1.54, 1.807) is 0 Å². The molecule has 1 saturated carbocycles. The molecule has 1 aliphatic rings. The van der Waals surface area contributed by atoms with Crippen molar-refractivity contribution >= 4 is 5.91 Å². The van der Waals surface area contributed by atoms with Gasteiger partial charge >= 0.3 is 0 Å². The summed E-state index contributed by atoms with van der Waals surface area (Å²) in [7, 11) is 0. The lowest BCUT2D eigenvalue weighted by Gasteiger charge is -2.21. The van der Waals surface area contributed by atoms with Gasteiger partial charge in [-0.1, -0.05) is 32.6 Å². The number of aliphatic hydroxyl groups excluding tert-OH is 1. The smallest absolute Gasteiger partial charge is 0.224 e. The van der Waals surface area contributed by atoms with Gasteiger partial charge in [0.15, 0.2) is 0 Å². The van der Waals surface area contributed by atoms with Crippen LogP contribution in [0.4, 0.5) is 0 Å². The van der Waals surface area contributed by atoms with Crippen LogP contribution in [0.25, 0.3) is 0 Å². The predicted molar refractivity (Wildman–Crippen MR) is 68.5 cm³/mol. The SMILES string of the molecule is CCCC(O)CNC(=O)C1CCCCCC1N. The number of nitrogens with one attached hydrogen (secondary N) is 1. The molecule has 1 aliphatic carbocycles. The van der Waals surface area contributed by atoms with Gasteiger partial charge in [0.1, 0.15) is 0 Å². The summed E-state index contributed by atoms with van der Waals surface area (Å²) >= 11 is 0. The van der Waals surface area contributed by atoms with E-state index >= 15 is 0 Å². The Kier molecular flexibility index (Phi) is 6.52. The van der Waals surface area contributed by atoms with Crippen LogP contribution in [0.3, 0.4) is 0 Å². The highest BCUT2D eigenvalue weighted by atomic mass is 16.3. The van der Waals surface area contributed by atoms with E-state index in [-0.39, 0.29) is 17.9 Å². The third-order valence-corrected chi connectivity index (χ3v) is 3.54. The molecule has 3 unspecified atom stereocenters. The van der Waals surface area contributed by atoms with Crippen LogP contribution in [-0.4, -0.2) is 29.7 Å². The van der Waals surface area contributed by atoms with Crippen molar-refractivity contribution in [3.63, 3.8) is 0 Å². The third kappa shape index (κ3) is 5.04. The van der Waals surface area contributed by atoms with Gasteiger partial charge in [-0.15, -0.1) is 0 Å². The van der Waals surface area contributed by atoms with Crippen molar-refractivity contribution in [2.75, 3.05) is 6.54 Å². The zero-order chi connectivity index (χ0) is 12.7. The largest absolute Gasteiger partial charge is 0.391 e. The standard InChI is InChI=1S/C13H26N2O2/c1-2-6-10(16)9-15-13(17)11-7-4-3-5-8-12(11)14/h10-12,16H,2-9,14H2,1H3,(H,15,17). The van der Waals surface area contributed by atoms with Crippen LogP contribution in [-0.2, 0) is 4.79 Å². The predicted octanol–water partition coefficient (Wildman–Crippen LogP) is 1.17. The molecule has 17 heavy (non-hydrogen) atoms. The maximum absolute atomic E-state index is 12.0. The topological polar surface area (TPSA) is 75.3 Å². The Labute approximate surface area is 104 Å². The fourth-order valence-corrected chi connectivity index (χ4v) is 2.45. The van der Waals surface area contributed by atoms with Crippen molar-refractivity contribution in [2.45, 2.75) is 64.0 Å². The molecular formula is C13H26N2O2. The Hall–Kier alpha value is -0.610. The average molecular weight is 242 g/mol. The monoisotopic (exact) mass is 242 g/mol. The van der Waals surface area contributed by atoms with Gasteiger partial charge in [0.25, 0.3) is 0 Å². The second-order valence-corrected chi connectivity index (χ2v) is 5.10. The summed E-state index contributed by atoms with van der Waals surface area (Å²) < 4.78 is 0. The van der Waals surface area contributed by atoms with Crippen molar-refractivity contribution in [2.24, 2.45) is 11.7 Å². The number of nitrogens with two attached hydrogens (primary N) is 1. The summed E-state index contributed by atoms with van der Waals surface area (Å²) in [6.07, 6.45) is 6.46. The van der Waals surface area contributed by atoms with Crippen molar-refractivity contribution in [1.29, 1.82) is 0 Å². The first-order valence-electron chi connectivity index (χ1n) is 6.86. The normalized spacial score (nSPS) is 27.2. The quantitative estimate of drug-likeness (QED) is 0.633. The van der Waals surface area contributed by atoms with Crippen molar-refractivity contribution in [3.8, 4) is 0 Å². The molecule has 4 N–H and O–H groups in total. The van der Waals surface area contributed by atoms with Gasteiger partial charge in [-0.25, -0.2) is 0 Å². The number of carbonyl (C=O) groups is 1. The fourth-order valence-electron chi connectivity index (χ4n) is 2.45. The molecule has 0 aromatic carbocycles. The number of rotatable bonds is 5. The third-order valence-electron chi connectivity index (χ3n) is 3.54. The minimum absolute atomic E-state index is 0.0131. The highest BCUT2D eigenvalue weighted by Crippen LogP contribution is 2.22. The van der Waals surface area contributed by atoms with E-state index in [0.717, 1.165) is 38.5 Å². The van der Waals surface area contributed by atoms with E-state index in [9.17, 15) is 9.90 Å². The highest BCUT2D eigenvalue weighted by Gasteiger charge is 2.26. The number of amides is 1. The molecule has 0 aromatic heterocycles. The summed E-state index contributed by atoms with van der Waals surface area (Å²) in [5.41, 5.74) is 6.02. The molecule has 0 aromatic rings. The summed E-state index contributed by atoms with van der Waals surface area (Å²) in [6.45, 7) is 2.38. The molecule has 1 amide bonds. The Morgan fingerprint density at radius 3 is 2.82 bits per heavy atom. The van der Waals surface area contributed by atoms with Crippen LogP contribution >= 0.6 is 0 Å². The molecule has 1 fully saturated rings. The molecular weight excluding hydrogens is 216 g/mol. The maximum atomic E-state index is 12.0. The maximum Gasteiger partial charge on any atom is 0.224 e.